The Hall–Kier alpha value is -0.650. The molecule has 1 saturated heterocycles. The average molecular weight is 285 g/mol. The number of carbonyl (C=O) groups excluding carboxylic acids is 1. The lowest BCUT2D eigenvalue weighted by molar-refractivity contribution is -0.130. The summed E-state index contributed by atoms with van der Waals surface area (Å²) < 4.78 is 0. The molecule has 0 bridgehead atoms. The second-order valence-electron chi connectivity index (χ2n) is 5.49. The first-order valence-corrected chi connectivity index (χ1v) is 8.05. The number of aliphatic hydroxyl groups excluding tert-OH is 1. The Bertz CT molecular complexity index is 264. The smallest absolute Gasteiger partial charge is 0.222 e. The molecule has 2 N–H and O–H groups in total. The first-order chi connectivity index (χ1) is 9.71. The maximum atomic E-state index is 11.9. The summed E-state index contributed by atoms with van der Waals surface area (Å²) in [6, 6.07) is 0.556. The predicted octanol–water partition coefficient (Wildman–Crippen LogP) is 0.681. The van der Waals surface area contributed by atoms with Crippen LogP contribution in [0.4, 0.5) is 0 Å². The Morgan fingerprint density at radius 2 is 2.05 bits per heavy atom. The molecule has 1 aliphatic heterocycles. The minimum atomic E-state index is 0.191. The van der Waals surface area contributed by atoms with Gasteiger partial charge in [0.05, 0.1) is 6.61 Å². The molecule has 1 heterocycles. The highest BCUT2D eigenvalue weighted by molar-refractivity contribution is 5.76. The number of hydrogen-bond acceptors (Lipinski definition) is 4. The van der Waals surface area contributed by atoms with E-state index in [9.17, 15) is 4.79 Å². The lowest BCUT2D eigenvalue weighted by atomic mass is 10.2. The van der Waals surface area contributed by atoms with Crippen molar-refractivity contribution in [3.8, 4) is 0 Å². The van der Waals surface area contributed by atoms with Crippen LogP contribution in [0.3, 0.4) is 0 Å². The van der Waals surface area contributed by atoms with E-state index in [2.05, 4.69) is 10.2 Å². The van der Waals surface area contributed by atoms with Crippen molar-refractivity contribution in [1.82, 2.24) is 15.1 Å². The van der Waals surface area contributed by atoms with Crippen LogP contribution < -0.4 is 5.32 Å². The molecule has 0 aromatic rings. The summed E-state index contributed by atoms with van der Waals surface area (Å²) in [6.45, 7) is 9.51. The van der Waals surface area contributed by atoms with E-state index >= 15 is 0 Å². The molecule has 1 amide bonds. The van der Waals surface area contributed by atoms with E-state index in [0.29, 0.717) is 19.0 Å². The third kappa shape index (κ3) is 6.20. The first-order valence-electron chi connectivity index (χ1n) is 8.05. The van der Waals surface area contributed by atoms with Gasteiger partial charge in [0, 0.05) is 38.6 Å². The molecule has 5 heteroatoms. The van der Waals surface area contributed by atoms with Gasteiger partial charge in [-0.25, -0.2) is 0 Å². The summed E-state index contributed by atoms with van der Waals surface area (Å²) in [6.07, 6.45) is 3.96. The Labute approximate surface area is 123 Å². The maximum Gasteiger partial charge on any atom is 0.222 e. The largest absolute Gasteiger partial charge is 0.395 e. The SMILES string of the molecule is CCN(CC)C(=O)CCCN(CCO)CC1CCCN1. The Kier molecular flexibility index (Phi) is 8.82. The minimum Gasteiger partial charge on any atom is -0.395 e. The van der Waals surface area contributed by atoms with Crippen LogP contribution in [0.5, 0.6) is 0 Å². The van der Waals surface area contributed by atoms with Crippen molar-refractivity contribution in [3.63, 3.8) is 0 Å². The highest BCUT2D eigenvalue weighted by Gasteiger charge is 2.18. The van der Waals surface area contributed by atoms with E-state index in [1.807, 2.05) is 18.7 Å². The first kappa shape index (κ1) is 17.4. The highest BCUT2D eigenvalue weighted by atomic mass is 16.3. The van der Waals surface area contributed by atoms with Gasteiger partial charge in [-0.3, -0.25) is 9.69 Å². The number of amides is 1. The number of hydrogen-bond donors (Lipinski definition) is 2. The standard InChI is InChI=1S/C15H31N3O2/c1-3-18(4-2)15(20)8-6-10-17(11-12-19)13-14-7-5-9-16-14/h14,16,19H,3-13H2,1-2H3. The Morgan fingerprint density at radius 1 is 1.30 bits per heavy atom. The number of aliphatic hydroxyl groups is 1. The van der Waals surface area contributed by atoms with Gasteiger partial charge in [-0.05, 0) is 46.2 Å². The molecule has 118 valence electrons. The lowest BCUT2D eigenvalue weighted by Crippen LogP contribution is -2.40. The average Bonchev–Trinajstić information content (AvgIpc) is 2.93. The van der Waals surface area contributed by atoms with Gasteiger partial charge in [-0.2, -0.15) is 0 Å². The van der Waals surface area contributed by atoms with Crippen LogP contribution in [0.1, 0.15) is 39.5 Å². The Balaban J connectivity index is 2.25. The lowest BCUT2D eigenvalue weighted by Gasteiger charge is -2.25. The molecule has 1 fully saturated rings. The van der Waals surface area contributed by atoms with Gasteiger partial charge in [0.25, 0.3) is 0 Å². The molecule has 0 saturated carbocycles. The van der Waals surface area contributed by atoms with Crippen molar-refractivity contribution in [1.29, 1.82) is 0 Å². The quantitative estimate of drug-likeness (QED) is 0.620. The molecule has 5 nitrogen and oxygen atoms in total. The van der Waals surface area contributed by atoms with Gasteiger partial charge in [0.1, 0.15) is 0 Å². The fourth-order valence-corrected chi connectivity index (χ4v) is 2.85. The molecule has 1 atom stereocenters. The van der Waals surface area contributed by atoms with Crippen molar-refractivity contribution in [2.75, 3.05) is 45.9 Å². The normalized spacial score (nSPS) is 18.7. The van der Waals surface area contributed by atoms with Crippen molar-refractivity contribution >= 4 is 5.91 Å². The van der Waals surface area contributed by atoms with E-state index in [1.165, 1.54) is 12.8 Å². The van der Waals surface area contributed by atoms with Gasteiger partial charge in [0.2, 0.25) is 5.91 Å². The van der Waals surface area contributed by atoms with E-state index < -0.39 is 0 Å². The monoisotopic (exact) mass is 285 g/mol. The molecule has 0 aromatic carbocycles. The van der Waals surface area contributed by atoms with Gasteiger partial charge in [0.15, 0.2) is 0 Å². The molecule has 1 aliphatic rings. The van der Waals surface area contributed by atoms with Crippen molar-refractivity contribution < 1.29 is 9.90 Å². The van der Waals surface area contributed by atoms with Crippen LogP contribution in [0, 0.1) is 0 Å². The van der Waals surface area contributed by atoms with Crippen LogP contribution in [0.2, 0.25) is 0 Å². The fourth-order valence-electron chi connectivity index (χ4n) is 2.85. The summed E-state index contributed by atoms with van der Waals surface area (Å²) in [7, 11) is 0. The van der Waals surface area contributed by atoms with Gasteiger partial charge < -0.3 is 15.3 Å². The second-order valence-corrected chi connectivity index (χ2v) is 5.49. The molecule has 0 spiro atoms. The van der Waals surface area contributed by atoms with E-state index in [0.717, 1.165) is 39.1 Å². The van der Waals surface area contributed by atoms with E-state index in [4.69, 9.17) is 5.11 Å². The number of nitrogens with zero attached hydrogens (tertiary/aromatic N) is 2. The molecular formula is C15H31N3O2. The van der Waals surface area contributed by atoms with Crippen LogP contribution in [-0.2, 0) is 4.79 Å². The topological polar surface area (TPSA) is 55.8 Å². The van der Waals surface area contributed by atoms with Gasteiger partial charge >= 0.3 is 0 Å². The summed E-state index contributed by atoms with van der Waals surface area (Å²) in [4.78, 5) is 16.1. The third-order valence-electron chi connectivity index (χ3n) is 4.04. The third-order valence-corrected chi connectivity index (χ3v) is 4.04. The fraction of sp³-hybridized carbons (Fsp3) is 0.933. The van der Waals surface area contributed by atoms with Crippen LogP contribution in [0.15, 0.2) is 0 Å². The molecule has 0 aliphatic carbocycles. The van der Waals surface area contributed by atoms with Crippen LogP contribution in [-0.4, -0.2) is 72.7 Å². The second kappa shape index (κ2) is 10.1. The summed E-state index contributed by atoms with van der Waals surface area (Å²) >= 11 is 0. The van der Waals surface area contributed by atoms with Crippen LogP contribution in [0.25, 0.3) is 0 Å². The van der Waals surface area contributed by atoms with Crippen molar-refractivity contribution in [3.05, 3.63) is 0 Å². The minimum absolute atomic E-state index is 0.191. The van der Waals surface area contributed by atoms with Crippen molar-refractivity contribution in [2.45, 2.75) is 45.6 Å². The van der Waals surface area contributed by atoms with Gasteiger partial charge in [-0.15, -0.1) is 0 Å². The molecule has 0 radical (unpaired) electrons. The molecule has 1 rings (SSSR count). The predicted molar refractivity (Wildman–Crippen MR) is 81.7 cm³/mol. The van der Waals surface area contributed by atoms with E-state index in [1.54, 1.807) is 0 Å². The highest BCUT2D eigenvalue weighted by Crippen LogP contribution is 2.08. The summed E-state index contributed by atoms with van der Waals surface area (Å²) in [5.74, 6) is 0.248. The Morgan fingerprint density at radius 3 is 2.60 bits per heavy atom. The van der Waals surface area contributed by atoms with Gasteiger partial charge in [-0.1, -0.05) is 0 Å². The number of carbonyl (C=O) groups is 1. The van der Waals surface area contributed by atoms with Crippen molar-refractivity contribution in [2.24, 2.45) is 0 Å². The van der Waals surface area contributed by atoms with E-state index in [-0.39, 0.29) is 12.5 Å². The molecule has 0 aromatic heterocycles. The molecule has 1 unspecified atom stereocenters. The number of nitrogens with one attached hydrogen (secondary N) is 1. The summed E-state index contributed by atoms with van der Waals surface area (Å²) in [5, 5.41) is 12.6. The summed E-state index contributed by atoms with van der Waals surface area (Å²) in [5.41, 5.74) is 0. The zero-order valence-electron chi connectivity index (χ0n) is 13.1. The number of rotatable bonds is 10. The molecule has 20 heavy (non-hydrogen) atoms. The van der Waals surface area contributed by atoms with Crippen LogP contribution >= 0.6 is 0 Å². The maximum absolute atomic E-state index is 11.9. The zero-order chi connectivity index (χ0) is 14.8. The zero-order valence-corrected chi connectivity index (χ0v) is 13.1. The molecular weight excluding hydrogens is 254 g/mol.